The molecular formula is C19H18N2O4S2. The Kier molecular flexibility index (Phi) is 4.69. The third kappa shape index (κ3) is 3.59. The van der Waals surface area contributed by atoms with Gasteiger partial charge in [0.1, 0.15) is 0 Å². The molecular weight excluding hydrogens is 384 g/mol. The van der Waals surface area contributed by atoms with Gasteiger partial charge in [0.25, 0.3) is 21.8 Å². The molecule has 2 aliphatic rings. The normalized spacial score (nSPS) is 17.0. The largest absolute Gasteiger partial charge is 0.288 e. The number of hydrogen-bond donors (Lipinski definition) is 2. The van der Waals surface area contributed by atoms with Crippen LogP contribution in [-0.2, 0) is 10.0 Å². The Bertz CT molecular complexity index is 1030. The fourth-order valence-electron chi connectivity index (χ4n) is 3.36. The molecule has 0 atom stereocenters. The summed E-state index contributed by atoms with van der Waals surface area (Å²) in [4.78, 5) is 24.3. The molecule has 2 amide bonds. The summed E-state index contributed by atoms with van der Waals surface area (Å²) in [6, 6.07) is 11.3. The Morgan fingerprint density at radius 2 is 1.67 bits per heavy atom. The highest BCUT2D eigenvalue weighted by atomic mass is 32.2. The van der Waals surface area contributed by atoms with Gasteiger partial charge in [0, 0.05) is 10.1 Å². The number of thioether (sulfide) groups is 1. The lowest BCUT2D eigenvalue weighted by atomic mass is 10.1. The summed E-state index contributed by atoms with van der Waals surface area (Å²) in [5.74, 6) is -1.09. The van der Waals surface area contributed by atoms with Crippen LogP contribution in [0.15, 0.2) is 52.3 Å². The highest BCUT2D eigenvalue weighted by Crippen LogP contribution is 2.38. The minimum Gasteiger partial charge on any atom is -0.288 e. The van der Waals surface area contributed by atoms with Gasteiger partial charge >= 0.3 is 0 Å². The maximum atomic E-state index is 12.8. The Labute approximate surface area is 161 Å². The number of anilines is 1. The quantitative estimate of drug-likeness (QED) is 0.748. The Balaban J connectivity index is 1.62. The number of carbonyl (C=O) groups is 2. The van der Waals surface area contributed by atoms with Crippen LogP contribution in [0, 0.1) is 0 Å². The van der Waals surface area contributed by atoms with Crippen molar-refractivity contribution in [3.05, 3.63) is 53.6 Å². The van der Waals surface area contributed by atoms with Crippen LogP contribution in [0.1, 0.15) is 46.4 Å². The van der Waals surface area contributed by atoms with Crippen molar-refractivity contribution in [1.82, 2.24) is 5.32 Å². The average molecular weight is 402 g/mol. The molecule has 0 spiro atoms. The van der Waals surface area contributed by atoms with E-state index in [2.05, 4.69) is 10.0 Å². The van der Waals surface area contributed by atoms with E-state index >= 15 is 0 Å². The van der Waals surface area contributed by atoms with Crippen molar-refractivity contribution in [2.75, 3.05) is 4.72 Å². The Hall–Kier alpha value is -2.32. The van der Waals surface area contributed by atoms with E-state index < -0.39 is 21.8 Å². The third-order valence-electron chi connectivity index (χ3n) is 4.74. The molecule has 2 N–H and O–H groups in total. The van der Waals surface area contributed by atoms with Crippen LogP contribution < -0.4 is 10.0 Å². The van der Waals surface area contributed by atoms with E-state index in [1.54, 1.807) is 23.9 Å². The minimum absolute atomic E-state index is 0.0493. The predicted molar refractivity (Wildman–Crippen MR) is 104 cm³/mol. The Morgan fingerprint density at radius 3 is 2.44 bits per heavy atom. The van der Waals surface area contributed by atoms with Gasteiger partial charge in [-0.25, -0.2) is 8.42 Å². The summed E-state index contributed by atoms with van der Waals surface area (Å²) >= 11 is 1.70. The number of hydrogen-bond acceptors (Lipinski definition) is 5. The van der Waals surface area contributed by atoms with Crippen LogP contribution in [0.4, 0.5) is 5.69 Å². The second-order valence-electron chi connectivity index (χ2n) is 6.62. The highest BCUT2D eigenvalue weighted by molar-refractivity contribution is 8.00. The molecule has 0 unspecified atom stereocenters. The predicted octanol–water partition coefficient (Wildman–Crippen LogP) is 3.41. The van der Waals surface area contributed by atoms with E-state index in [-0.39, 0.29) is 16.0 Å². The van der Waals surface area contributed by atoms with Gasteiger partial charge in [0.15, 0.2) is 0 Å². The molecule has 8 heteroatoms. The third-order valence-corrected chi connectivity index (χ3v) is 7.52. The molecule has 1 heterocycles. The zero-order valence-electron chi connectivity index (χ0n) is 14.4. The fourth-order valence-corrected chi connectivity index (χ4v) is 5.86. The smallest absolute Gasteiger partial charge is 0.261 e. The molecule has 1 aliphatic heterocycles. The number of nitrogens with one attached hydrogen (secondary N) is 2. The molecule has 27 heavy (non-hydrogen) atoms. The van der Waals surface area contributed by atoms with E-state index in [9.17, 15) is 18.0 Å². The maximum Gasteiger partial charge on any atom is 0.261 e. The number of imide groups is 1. The summed E-state index contributed by atoms with van der Waals surface area (Å²) in [5.41, 5.74) is 0.794. The molecule has 1 aliphatic carbocycles. The van der Waals surface area contributed by atoms with Crippen molar-refractivity contribution in [3.8, 4) is 0 Å². The number of sulfonamides is 1. The first kappa shape index (κ1) is 18.1. The molecule has 0 bridgehead atoms. The van der Waals surface area contributed by atoms with Gasteiger partial charge in [-0.15, -0.1) is 11.8 Å². The second-order valence-corrected chi connectivity index (χ2v) is 9.64. The van der Waals surface area contributed by atoms with Crippen LogP contribution in [0.3, 0.4) is 0 Å². The van der Waals surface area contributed by atoms with Crippen molar-refractivity contribution in [2.24, 2.45) is 0 Å². The summed E-state index contributed by atoms with van der Waals surface area (Å²) in [6.07, 6.45) is 4.70. The van der Waals surface area contributed by atoms with Gasteiger partial charge in [-0.1, -0.05) is 25.0 Å². The lowest BCUT2D eigenvalue weighted by molar-refractivity contribution is 0.0879. The number of carbonyl (C=O) groups excluding carboxylic acids is 2. The van der Waals surface area contributed by atoms with E-state index in [0.717, 1.165) is 17.7 Å². The van der Waals surface area contributed by atoms with Gasteiger partial charge in [-0.05, 0) is 43.2 Å². The summed E-state index contributed by atoms with van der Waals surface area (Å²) < 4.78 is 28.3. The molecule has 0 saturated heterocycles. The number of benzene rings is 2. The van der Waals surface area contributed by atoms with Crippen molar-refractivity contribution in [1.29, 1.82) is 0 Å². The van der Waals surface area contributed by atoms with Gasteiger partial charge in [0.05, 0.1) is 21.7 Å². The van der Waals surface area contributed by atoms with Crippen LogP contribution in [0.5, 0.6) is 0 Å². The molecule has 1 fully saturated rings. The van der Waals surface area contributed by atoms with Crippen molar-refractivity contribution in [3.63, 3.8) is 0 Å². The van der Waals surface area contributed by atoms with Crippen molar-refractivity contribution < 1.29 is 18.0 Å². The van der Waals surface area contributed by atoms with Gasteiger partial charge in [-0.3, -0.25) is 19.6 Å². The van der Waals surface area contributed by atoms with Crippen LogP contribution in [0.25, 0.3) is 0 Å². The highest BCUT2D eigenvalue weighted by Gasteiger charge is 2.29. The lowest BCUT2D eigenvalue weighted by Gasteiger charge is -2.15. The van der Waals surface area contributed by atoms with Crippen LogP contribution in [0.2, 0.25) is 0 Å². The van der Waals surface area contributed by atoms with Crippen molar-refractivity contribution >= 4 is 39.3 Å². The van der Waals surface area contributed by atoms with Crippen LogP contribution in [-0.4, -0.2) is 25.5 Å². The van der Waals surface area contributed by atoms with E-state index in [0.29, 0.717) is 10.9 Å². The number of fused-ring (bicyclic) bond motifs is 1. The molecule has 1 saturated carbocycles. The first-order valence-corrected chi connectivity index (χ1v) is 11.1. The minimum atomic E-state index is -3.89. The molecule has 6 nitrogen and oxygen atoms in total. The van der Waals surface area contributed by atoms with E-state index in [1.165, 1.54) is 31.0 Å². The van der Waals surface area contributed by atoms with Crippen molar-refractivity contribution in [2.45, 2.75) is 40.7 Å². The SMILES string of the molecule is O=C1NC(=O)c2cc(S(=O)(=O)Nc3ccccc3SC3CCCC3)ccc21. The molecule has 0 radical (unpaired) electrons. The molecule has 140 valence electrons. The molecule has 2 aromatic rings. The lowest BCUT2D eigenvalue weighted by Crippen LogP contribution is -2.20. The second kappa shape index (κ2) is 7.01. The Morgan fingerprint density at radius 1 is 0.963 bits per heavy atom. The zero-order chi connectivity index (χ0) is 19.0. The number of para-hydroxylation sites is 1. The van der Waals surface area contributed by atoms with E-state index in [1.807, 2.05) is 12.1 Å². The molecule has 4 rings (SSSR count). The van der Waals surface area contributed by atoms with Gasteiger partial charge in [-0.2, -0.15) is 0 Å². The van der Waals surface area contributed by atoms with Gasteiger partial charge in [0.2, 0.25) is 0 Å². The standard InChI is InChI=1S/C19H18N2O4S2/c22-18-14-10-9-13(11-15(14)19(23)20-18)27(24,25)21-16-7-3-4-8-17(16)26-12-5-1-2-6-12/h3-4,7-12,21H,1-2,5-6H2,(H,20,22,23). The summed E-state index contributed by atoms with van der Waals surface area (Å²) in [6.45, 7) is 0. The topological polar surface area (TPSA) is 92.3 Å². The summed E-state index contributed by atoms with van der Waals surface area (Å²) in [5, 5.41) is 2.67. The maximum absolute atomic E-state index is 12.8. The monoisotopic (exact) mass is 402 g/mol. The van der Waals surface area contributed by atoms with Crippen LogP contribution >= 0.6 is 11.8 Å². The van der Waals surface area contributed by atoms with E-state index in [4.69, 9.17) is 0 Å². The first-order valence-electron chi connectivity index (χ1n) is 8.72. The fraction of sp³-hybridized carbons (Fsp3) is 0.263. The molecule has 2 aromatic carbocycles. The van der Waals surface area contributed by atoms with Gasteiger partial charge < -0.3 is 0 Å². The average Bonchev–Trinajstić information content (AvgIpc) is 3.25. The summed E-state index contributed by atoms with van der Waals surface area (Å²) in [7, 11) is -3.89. The number of amides is 2. The first-order chi connectivity index (χ1) is 12.9. The zero-order valence-corrected chi connectivity index (χ0v) is 16.0. The number of rotatable bonds is 5. The molecule has 0 aromatic heterocycles.